The average molecular weight is 670 g/mol. The maximum atomic E-state index is 11.4. The Kier molecular flexibility index (Phi) is 22.4. The minimum atomic E-state index is -1.13. The summed E-state index contributed by atoms with van der Waals surface area (Å²) in [7, 11) is -1.13. The van der Waals surface area contributed by atoms with E-state index >= 15 is 0 Å². The fraction of sp³-hybridized carbons (Fsp3) is 0.846. The third-order valence-corrected chi connectivity index (χ3v) is 14.1. The van der Waals surface area contributed by atoms with Crippen LogP contribution in [0, 0.1) is 0 Å². The third-order valence-electron chi connectivity index (χ3n) is 9.26. The summed E-state index contributed by atoms with van der Waals surface area (Å²) in [5.74, 6) is 0.542. The maximum Gasteiger partial charge on any atom is 0.123 e. The number of phenolic OH excluding ortho intramolecular Hbond substituents is 1. The van der Waals surface area contributed by atoms with Crippen LogP contribution >= 0.6 is 7.26 Å². The molecule has 1 rings (SSSR count). The predicted octanol–water partition coefficient (Wildman–Crippen LogP) is 10.6. The molecule has 0 aliphatic heterocycles. The average Bonchev–Trinajstić information content (AvgIpc) is 2.89. The minimum Gasteiger partial charge on any atom is -1.00 e. The van der Waals surface area contributed by atoms with Gasteiger partial charge in [0.15, 0.2) is 0 Å². The first-order valence-electron chi connectivity index (χ1n) is 18.1. The molecular weight excluding hydrogens is 595 g/mol. The van der Waals surface area contributed by atoms with Crippen molar-refractivity contribution in [1.29, 1.82) is 0 Å². The van der Waals surface area contributed by atoms with Crippen molar-refractivity contribution in [3.63, 3.8) is 0 Å². The van der Waals surface area contributed by atoms with Gasteiger partial charge in [-0.25, -0.2) is 0 Å². The molecule has 0 saturated carbocycles. The third kappa shape index (κ3) is 16.8. The van der Waals surface area contributed by atoms with E-state index in [1.807, 2.05) is 0 Å². The molecule has 0 unspecified atom stereocenters. The molecule has 1 aromatic rings. The fourth-order valence-electron chi connectivity index (χ4n) is 6.57. The van der Waals surface area contributed by atoms with Gasteiger partial charge in [-0.05, 0) is 78.2 Å². The molecule has 0 spiro atoms. The second kappa shape index (κ2) is 22.4. The highest BCUT2D eigenvalue weighted by Gasteiger charge is 2.37. The standard InChI is InChI=1S/C39H73OP.BrH/c1-10-13-16-19-22-25-28-41(29-26-23-20-17-14-11-2,30-27-24-21-18-15-12-3)33-34-31-35(38(4,5)6)37(40)36(32-34)39(7,8)9;/h31-32H,10-30,33H2,1-9H3;1H. The molecule has 0 aliphatic rings. The smallest absolute Gasteiger partial charge is 0.123 e. The Labute approximate surface area is 276 Å². The van der Waals surface area contributed by atoms with Gasteiger partial charge in [-0.2, -0.15) is 0 Å². The maximum absolute atomic E-state index is 11.4. The van der Waals surface area contributed by atoms with Gasteiger partial charge in [0.2, 0.25) is 0 Å². The molecule has 0 saturated heterocycles. The zero-order valence-corrected chi connectivity index (χ0v) is 32.5. The number of aromatic hydroxyl groups is 1. The van der Waals surface area contributed by atoms with Crippen LogP contribution in [0.2, 0.25) is 0 Å². The highest BCUT2D eigenvalue weighted by Crippen LogP contribution is 2.64. The number of hydrogen-bond donors (Lipinski definition) is 1. The first-order chi connectivity index (χ1) is 19.4. The molecule has 1 N–H and O–H groups in total. The van der Waals surface area contributed by atoms with Crippen molar-refractivity contribution in [3.05, 3.63) is 28.8 Å². The van der Waals surface area contributed by atoms with Gasteiger partial charge in [-0.15, -0.1) is 0 Å². The van der Waals surface area contributed by atoms with Crippen LogP contribution in [0.4, 0.5) is 0 Å². The molecule has 0 atom stereocenters. The molecule has 42 heavy (non-hydrogen) atoms. The lowest BCUT2D eigenvalue weighted by Crippen LogP contribution is -3.00. The predicted molar refractivity (Wildman–Crippen MR) is 191 cm³/mol. The summed E-state index contributed by atoms with van der Waals surface area (Å²) in [6.45, 7) is 20.6. The summed E-state index contributed by atoms with van der Waals surface area (Å²) in [5.41, 5.74) is 3.71. The van der Waals surface area contributed by atoms with Crippen LogP contribution < -0.4 is 17.0 Å². The van der Waals surface area contributed by atoms with Gasteiger partial charge in [-0.3, -0.25) is 0 Å². The Hall–Kier alpha value is -0.0700. The van der Waals surface area contributed by atoms with E-state index in [9.17, 15) is 5.11 Å². The van der Waals surface area contributed by atoms with Crippen LogP contribution in [0.3, 0.4) is 0 Å². The fourth-order valence-corrected chi connectivity index (χ4v) is 11.4. The van der Waals surface area contributed by atoms with Crippen molar-refractivity contribution >= 4 is 7.26 Å². The molecule has 0 heterocycles. The summed E-state index contributed by atoms with van der Waals surface area (Å²) in [5, 5.41) is 11.4. The van der Waals surface area contributed by atoms with E-state index in [4.69, 9.17) is 0 Å². The topological polar surface area (TPSA) is 20.2 Å². The molecule has 0 aromatic heterocycles. The zero-order chi connectivity index (χ0) is 30.8. The minimum absolute atomic E-state index is 0. The monoisotopic (exact) mass is 668 g/mol. The van der Waals surface area contributed by atoms with Crippen LogP contribution in [0.15, 0.2) is 12.1 Å². The Bertz CT molecular complexity index is 728. The lowest BCUT2D eigenvalue weighted by molar-refractivity contribution is -0.0000112. The second-order valence-electron chi connectivity index (χ2n) is 15.5. The number of halogens is 1. The van der Waals surface area contributed by atoms with E-state index in [0.29, 0.717) is 5.75 Å². The highest BCUT2D eigenvalue weighted by atomic mass is 79.9. The molecule has 0 bridgehead atoms. The van der Waals surface area contributed by atoms with Crippen molar-refractivity contribution in [2.45, 2.75) is 195 Å². The first kappa shape index (κ1) is 41.9. The van der Waals surface area contributed by atoms with Gasteiger partial charge < -0.3 is 22.1 Å². The van der Waals surface area contributed by atoms with Crippen LogP contribution in [-0.2, 0) is 17.0 Å². The Morgan fingerprint density at radius 1 is 0.500 bits per heavy atom. The van der Waals surface area contributed by atoms with E-state index in [0.717, 1.165) is 11.1 Å². The molecule has 0 aliphatic carbocycles. The molecule has 0 fully saturated rings. The van der Waals surface area contributed by atoms with Gasteiger partial charge in [0.25, 0.3) is 0 Å². The molecule has 248 valence electrons. The van der Waals surface area contributed by atoms with Crippen LogP contribution in [0.1, 0.15) is 195 Å². The van der Waals surface area contributed by atoms with Crippen molar-refractivity contribution in [3.8, 4) is 5.75 Å². The van der Waals surface area contributed by atoms with Gasteiger partial charge in [0.05, 0.1) is 24.6 Å². The Morgan fingerprint density at radius 2 is 0.786 bits per heavy atom. The van der Waals surface area contributed by atoms with Crippen molar-refractivity contribution in [2.75, 3.05) is 18.5 Å². The van der Waals surface area contributed by atoms with Crippen LogP contribution in [-0.4, -0.2) is 23.6 Å². The molecule has 3 heteroatoms. The second-order valence-corrected chi connectivity index (χ2v) is 19.9. The van der Waals surface area contributed by atoms with Crippen molar-refractivity contribution < 1.29 is 22.1 Å². The SMILES string of the molecule is CCCCCCCC[P+](CCCCCCCC)(CCCCCCCC)Cc1cc(C(C)(C)C)c(O)c(C(C)(C)C)c1.[Br-]. The summed E-state index contributed by atoms with van der Waals surface area (Å²) >= 11 is 0. The van der Waals surface area contributed by atoms with Gasteiger partial charge in [0.1, 0.15) is 5.75 Å². The van der Waals surface area contributed by atoms with Gasteiger partial charge in [0, 0.05) is 7.26 Å². The zero-order valence-electron chi connectivity index (χ0n) is 30.0. The van der Waals surface area contributed by atoms with E-state index in [-0.39, 0.29) is 27.8 Å². The lowest BCUT2D eigenvalue weighted by Gasteiger charge is -2.32. The molecular formula is C39H74BrOP. The molecule has 0 amide bonds. The quantitative estimate of drug-likeness (QED) is 0.0908. The molecule has 1 nitrogen and oxygen atoms in total. The Morgan fingerprint density at radius 3 is 1.07 bits per heavy atom. The van der Waals surface area contributed by atoms with E-state index < -0.39 is 7.26 Å². The summed E-state index contributed by atoms with van der Waals surface area (Å²) in [6, 6.07) is 4.84. The lowest BCUT2D eigenvalue weighted by atomic mass is 9.78. The van der Waals surface area contributed by atoms with Gasteiger partial charge in [-0.1, -0.05) is 139 Å². The largest absolute Gasteiger partial charge is 1.00 e. The summed E-state index contributed by atoms with van der Waals surface area (Å²) in [6.07, 6.45) is 31.0. The number of unbranched alkanes of at least 4 members (excludes halogenated alkanes) is 15. The normalized spacial score (nSPS) is 12.5. The summed E-state index contributed by atoms with van der Waals surface area (Å²) < 4.78 is 0. The van der Waals surface area contributed by atoms with Crippen molar-refractivity contribution in [1.82, 2.24) is 0 Å². The number of benzene rings is 1. The number of rotatable bonds is 23. The van der Waals surface area contributed by atoms with Crippen molar-refractivity contribution in [2.24, 2.45) is 0 Å². The number of phenols is 1. The van der Waals surface area contributed by atoms with E-state index in [1.165, 1.54) is 146 Å². The highest BCUT2D eigenvalue weighted by molar-refractivity contribution is 7.75. The summed E-state index contributed by atoms with van der Waals surface area (Å²) in [4.78, 5) is 0. The van der Waals surface area contributed by atoms with E-state index in [2.05, 4.69) is 74.4 Å². The van der Waals surface area contributed by atoms with Crippen LogP contribution in [0.25, 0.3) is 0 Å². The molecule has 1 aromatic carbocycles. The molecule has 0 radical (unpaired) electrons. The Balaban J connectivity index is 0.0000168. The van der Waals surface area contributed by atoms with Crippen LogP contribution in [0.5, 0.6) is 5.75 Å². The van der Waals surface area contributed by atoms with Gasteiger partial charge >= 0.3 is 0 Å². The van der Waals surface area contributed by atoms with E-state index in [1.54, 1.807) is 0 Å². The number of hydrogen-bond acceptors (Lipinski definition) is 1. The first-order valence-corrected chi connectivity index (χ1v) is 20.6.